The SMILES string of the molecule is CCCC(C)NC(=O)Cn1c(CC)nc2ccccc21. The third-order valence-corrected chi connectivity index (χ3v) is 3.48. The van der Waals surface area contributed by atoms with Crippen molar-refractivity contribution in [2.24, 2.45) is 0 Å². The van der Waals surface area contributed by atoms with Crippen molar-refractivity contribution >= 4 is 16.9 Å². The quantitative estimate of drug-likeness (QED) is 0.879. The number of nitrogens with zero attached hydrogens (tertiary/aromatic N) is 2. The average Bonchev–Trinajstić information content (AvgIpc) is 2.77. The van der Waals surface area contributed by atoms with E-state index in [0.29, 0.717) is 6.54 Å². The van der Waals surface area contributed by atoms with E-state index >= 15 is 0 Å². The number of nitrogens with one attached hydrogen (secondary N) is 1. The number of aryl methyl sites for hydroxylation is 1. The third-order valence-electron chi connectivity index (χ3n) is 3.48. The number of hydrogen-bond acceptors (Lipinski definition) is 2. The Morgan fingerprint density at radius 3 is 2.80 bits per heavy atom. The first-order valence-electron chi connectivity index (χ1n) is 7.39. The standard InChI is InChI=1S/C16H23N3O/c1-4-8-12(3)17-16(20)11-19-14-10-7-6-9-13(14)18-15(19)5-2/h6-7,9-10,12H,4-5,8,11H2,1-3H3,(H,17,20). The summed E-state index contributed by atoms with van der Waals surface area (Å²) >= 11 is 0. The summed E-state index contributed by atoms with van der Waals surface area (Å²) < 4.78 is 2.02. The molecule has 1 atom stereocenters. The first-order valence-corrected chi connectivity index (χ1v) is 7.39. The molecule has 1 aromatic heterocycles. The van der Waals surface area contributed by atoms with Gasteiger partial charge in [-0.2, -0.15) is 0 Å². The highest BCUT2D eigenvalue weighted by Gasteiger charge is 2.13. The molecule has 0 aliphatic heterocycles. The molecule has 0 saturated heterocycles. The molecule has 0 aliphatic carbocycles. The lowest BCUT2D eigenvalue weighted by Crippen LogP contribution is -2.35. The number of para-hydroxylation sites is 2. The number of hydrogen-bond donors (Lipinski definition) is 1. The molecule has 4 nitrogen and oxygen atoms in total. The minimum Gasteiger partial charge on any atom is -0.352 e. The van der Waals surface area contributed by atoms with Gasteiger partial charge in [0, 0.05) is 12.5 Å². The molecule has 1 amide bonds. The van der Waals surface area contributed by atoms with Crippen molar-refractivity contribution in [3.05, 3.63) is 30.1 Å². The third kappa shape index (κ3) is 3.18. The number of aromatic nitrogens is 2. The highest BCUT2D eigenvalue weighted by atomic mass is 16.2. The van der Waals surface area contributed by atoms with Crippen molar-refractivity contribution in [2.75, 3.05) is 0 Å². The van der Waals surface area contributed by atoms with Crippen LogP contribution >= 0.6 is 0 Å². The van der Waals surface area contributed by atoms with Gasteiger partial charge in [0.25, 0.3) is 0 Å². The average molecular weight is 273 g/mol. The second-order valence-electron chi connectivity index (χ2n) is 5.21. The number of imidazole rings is 1. The van der Waals surface area contributed by atoms with E-state index in [9.17, 15) is 4.79 Å². The summed E-state index contributed by atoms with van der Waals surface area (Å²) in [7, 11) is 0. The van der Waals surface area contributed by atoms with Gasteiger partial charge < -0.3 is 9.88 Å². The molecular weight excluding hydrogens is 250 g/mol. The Labute approximate surface area is 120 Å². The van der Waals surface area contributed by atoms with Crippen molar-refractivity contribution in [1.82, 2.24) is 14.9 Å². The summed E-state index contributed by atoms with van der Waals surface area (Å²) in [5.74, 6) is 1.02. The Bertz CT molecular complexity index is 588. The molecule has 20 heavy (non-hydrogen) atoms. The lowest BCUT2D eigenvalue weighted by molar-refractivity contribution is -0.122. The van der Waals surface area contributed by atoms with Crippen LogP contribution in [0.1, 0.15) is 39.4 Å². The number of benzene rings is 1. The van der Waals surface area contributed by atoms with Gasteiger partial charge in [-0.25, -0.2) is 4.98 Å². The number of amides is 1. The largest absolute Gasteiger partial charge is 0.352 e. The molecule has 1 heterocycles. The number of rotatable bonds is 6. The van der Waals surface area contributed by atoms with Crippen molar-refractivity contribution in [3.8, 4) is 0 Å². The molecule has 4 heteroatoms. The molecule has 2 aromatic rings. The lowest BCUT2D eigenvalue weighted by Gasteiger charge is -2.14. The Morgan fingerprint density at radius 1 is 1.35 bits per heavy atom. The second kappa shape index (κ2) is 6.55. The van der Waals surface area contributed by atoms with Gasteiger partial charge in [0.05, 0.1) is 11.0 Å². The maximum Gasteiger partial charge on any atom is 0.240 e. The van der Waals surface area contributed by atoms with E-state index in [4.69, 9.17) is 0 Å². The van der Waals surface area contributed by atoms with Gasteiger partial charge in [-0.3, -0.25) is 4.79 Å². The normalized spacial score (nSPS) is 12.6. The predicted octanol–water partition coefficient (Wildman–Crippen LogP) is 2.90. The zero-order valence-electron chi connectivity index (χ0n) is 12.5. The molecule has 2 rings (SSSR count). The van der Waals surface area contributed by atoms with Crippen molar-refractivity contribution in [2.45, 2.75) is 52.6 Å². The van der Waals surface area contributed by atoms with E-state index in [1.165, 1.54) is 0 Å². The van der Waals surface area contributed by atoms with Crippen LogP contribution in [0.25, 0.3) is 11.0 Å². The Balaban J connectivity index is 2.18. The topological polar surface area (TPSA) is 46.9 Å². The molecule has 1 N–H and O–H groups in total. The maximum atomic E-state index is 12.1. The van der Waals surface area contributed by atoms with Crippen LogP contribution in [0.5, 0.6) is 0 Å². The summed E-state index contributed by atoms with van der Waals surface area (Å²) in [6.07, 6.45) is 2.92. The fraction of sp³-hybridized carbons (Fsp3) is 0.500. The van der Waals surface area contributed by atoms with Crippen LogP contribution in [0.4, 0.5) is 0 Å². The van der Waals surface area contributed by atoms with Gasteiger partial charge in [0.15, 0.2) is 0 Å². The smallest absolute Gasteiger partial charge is 0.240 e. The summed E-state index contributed by atoms with van der Waals surface area (Å²) in [6.45, 7) is 6.59. The van der Waals surface area contributed by atoms with E-state index in [2.05, 4.69) is 24.1 Å². The zero-order valence-corrected chi connectivity index (χ0v) is 12.5. The first kappa shape index (κ1) is 14.6. The fourth-order valence-corrected chi connectivity index (χ4v) is 2.54. The van der Waals surface area contributed by atoms with E-state index in [0.717, 1.165) is 36.1 Å². The minimum absolute atomic E-state index is 0.0591. The first-order chi connectivity index (χ1) is 9.65. The van der Waals surface area contributed by atoms with Crippen LogP contribution in [0, 0.1) is 0 Å². The molecule has 0 radical (unpaired) electrons. The Kier molecular flexibility index (Phi) is 4.77. The highest BCUT2D eigenvalue weighted by Crippen LogP contribution is 2.16. The number of carbonyl (C=O) groups is 1. The molecular formula is C16H23N3O. The van der Waals surface area contributed by atoms with Crippen molar-refractivity contribution in [1.29, 1.82) is 0 Å². The lowest BCUT2D eigenvalue weighted by atomic mass is 10.2. The molecule has 1 aromatic carbocycles. The summed E-state index contributed by atoms with van der Waals surface area (Å²) in [5.41, 5.74) is 1.99. The molecule has 0 saturated carbocycles. The fourth-order valence-electron chi connectivity index (χ4n) is 2.54. The van der Waals surface area contributed by atoms with Gasteiger partial charge in [-0.15, -0.1) is 0 Å². The van der Waals surface area contributed by atoms with Crippen LogP contribution in [-0.2, 0) is 17.8 Å². The van der Waals surface area contributed by atoms with Gasteiger partial charge in [-0.1, -0.05) is 32.4 Å². The summed E-state index contributed by atoms with van der Waals surface area (Å²) in [6, 6.07) is 8.19. The maximum absolute atomic E-state index is 12.1. The molecule has 1 unspecified atom stereocenters. The zero-order chi connectivity index (χ0) is 14.5. The highest BCUT2D eigenvalue weighted by molar-refractivity contribution is 5.81. The molecule has 0 spiro atoms. The molecule has 0 fully saturated rings. The van der Waals surface area contributed by atoms with E-state index in [-0.39, 0.29) is 11.9 Å². The van der Waals surface area contributed by atoms with Crippen LogP contribution in [0.15, 0.2) is 24.3 Å². The summed E-state index contributed by atoms with van der Waals surface area (Å²) in [5, 5.41) is 3.05. The van der Waals surface area contributed by atoms with Gasteiger partial charge in [0.2, 0.25) is 5.91 Å². The Hall–Kier alpha value is -1.84. The summed E-state index contributed by atoms with van der Waals surface area (Å²) in [4.78, 5) is 16.7. The van der Waals surface area contributed by atoms with Gasteiger partial charge in [-0.05, 0) is 25.5 Å². The van der Waals surface area contributed by atoms with E-state index in [1.807, 2.05) is 35.8 Å². The van der Waals surface area contributed by atoms with Crippen LogP contribution in [-0.4, -0.2) is 21.5 Å². The predicted molar refractivity (Wildman–Crippen MR) is 81.6 cm³/mol. The minimum atomic E-state index is 0.0591. The van der Waals surface area contributed by atoms with Crippen LogP contribution in [0.3, 0.4) is 0 Å². The van der Waals surface area contributed by atoms with Crippen molar-refractivity contribution in [3.63, 3.8) is 0 Å². The molecule has 0 aliphatic rings. The number of carbonyl (C=O) groups excluding carboxylic acids is 1. The van der Waals surface area contributed by atoms with E-state index in [1.54, 1.807) is 0 Å². The number of fused-ring (bicyclic) bond motifs is 1. The van der Waals surface area contributed by atoms with Crippen LogP contribution in [0.2, 0.25) is 0 Å². The Morgan fingerprint density at radius 2 is 2.10 bits per heavy atom. The second-order valence-corrected chi connectivity index (χ2v) is 5.21. The van der Waals surface area contributed by atoms with E-state index < -0.39 is 0 Å². The van der Waals surface area contributed by atoms with Gasteiger partial charge in [0.1, 0.15) is 12.4 Å². The van der Waals surface area contributed by atoms with Crippen molar-refractivity contribution < 1.29 is 4.79 Å². The monoisotopic (exact) mass is 273 g/mol. The molecule has 108 valence electrons. The van der Waals surface area contributed by atoms with Gasteiger partial charge >= 0.3 is 0 Å². The molecule has 0 bridgehead atoms. The van der Waals surface area contributed by atoms with Crippen LogP contribution < -0.4 is 5.32 Å².